The van der Waals surface area contributed by atoms with Crippen LogP contribution in [0.1, 0.15) is 73.7 Å². The molecule has 2 aliphatic heterocycles. The first-order valence-corrected chi connectivity index (χ1v) is 13.2. The fraction of sp³-hybridized carbons (Fsp3) is 0.679. The lowest BCUT2D eigenvalue weighted by atomic mass is 9.71. The van der Waals surface area contributed by atoms with Gasteiger partial charge < -0.3 is 24.0 Å². The summed E-state index contributed by atoms with van der Waals surface area (Å²) >= 11 is 0. The normalized spacial score (nSPS) is 27.8. The van der Waals surface area contributed by atoms with Gasteiger partial charge in [0.15, 0.2) is 0 Å². The lowest BCUT2D eigenvalue weighted by molar-refractivity contribution is -0.152. The summed E-state index contributed by atoms with van der Waals surface area (Å²) in [5.41, 5.74) is 0.469. The Balaban J connectivity index is 1.68. The number of ether oxygens (including phenoxy) is 3. The van der Waals surface area contributed by atoms with Crippen molar-refractivity contribution in [1.82, 2.24) is 9.80 Å². The van der Waals surface area contributed by atoms with Crippen LogP contribution < -0.4 is 4.74 Å². The van der Waals surface area contributed by atoms with Gasteiger partial charge in [-0.1, -0.05) is 25.3 Å². The van der Waals surface area contributed by atoms with Crippen LogP contribution in [0.2, 0.25) is 0 Å². The van der Waals surface area contributed by atoms with Crippen molar-refractivity contribution in [3.63, 3.8) is 0 Å². The minimum Gasteiger partial charge on any atom is -0.491 e. The SMILES string of the molecule is CO[C@H]1CC[C@H]2CCOc3c(C#N)cccc3C(=O)N(C)CC3(CCCCC3)CC(=O)N(C)C[C@@H]1O2. The van der Waals surface area contributed by atoms with E-state index in [-0.39, 0.29) is 35.5 Å². The Morgan fingerprint density at radius 2 is 1.86 bits per heavy atom. The molecule has 0 aromatic heterocycles. The van der Waals surface area contributed by atoms with Gasteiger partial charge in [-0.05, 0) is 43.2 Å². The Morgan fingerprint density at radius 3 is 2.58 bits per heavy atom. The quantitative estimate of drug-likeness (QED) is 0.587. The van der Waals surface area contributed by atoms with Gasteiger partial charge in [0.2, 0.25) is 5.91 Å². The third-order valence-corrected chi connectivity index (χ3v) is 8.15. The van der Waals surface area contributed by atoms with Crippen molar-refractivity contribution in [1.29, 1.82) is 5.26 Å². The van der Waals surface area contributed by atoms with E-state index in [1.807, 2.05) is 7.05 Å². The van der Waals surface area contributed by atoms with Crippen molar-refractivity contribution in [2.45, 2.75) is 76.1 Å². The first kappa shape index (κ1) is 26.4. The fourth-order valence-corrected chi connectivity index (χ4v) is 6.12. The molecule has 8 heteroatoms. The molecule has 1 aromatic rings. The van der Waals surface area contributed by atoms with Crippen LogP contribution in [0.5, 0.6) is 5.75 Å². The van der Waals surface area contributed by atoms with Crippen molar-refractivity contribution >= 4 is 11.8 Å². The zero-order valence-corrected chi connectivity index (χ0v) is 21.8. The number of fused-ring (bicyclic) bond motifs is 3. The van der Waals surface area contributed by atoms with E-state index in [0.29, 0.717) is 49.4 Å². The van der Waals surface area contributed by atoms with Gasteiger partial charge in [-0.3, -0.25) is 9.59 Å². The molecule has 196 valence electrons. The van der Waals surface area contributed by atoms with Gasteiger partial charge in [-0.25, -0.2) is 0 Å². The van der Waals surface area contributed by atoms with Crippen LogP contribution in [-0.4, -0.2) is 80.8 Å². The first-order valence-electron chi connectivity index (χ1n) is 13.2. The van der Waals surface area contributed by atoms with Crippen molar-refractivity contribution in [2.75, 3.05) is 40.9 Å². The molecule has 4 rings (SSSR count). The molecule has 0 unspecified atom stereocenters. The van der Waals surface area contributed by atoms with Gasteiger partial charge in [0, 0.05) is 47.1 Å². The van der Waals surface area contributed by atoms with E-state index in [0.717, 1.165) is 44.9 Å². The molecule has 0 N–H and O–H groups in total. The molecule has 8 nitrogen and oxygen atoms in total. The lowest BCUT2D eigenvalue weighted by Crippen LogP contribution is -2.49. The second kappa shape index (κ2) is 11.6. The maximum absolute atomic E-state index is 13.6. The molecule has 3 atom stereocenters. The number of rotatable bonds is 1. The molecular weight excluding hydrogens is 458 g/mol. The van der Waals surface area contributed by atoms with Crippen LogP contribution >= 0.6 is 0 Å². The highest BCUT2D eigenvalue weighted by molar-refractivity contribution is 5.97. The van der Waals surface area contributed by atoms with Crippen LogP contribution in [0.3, 0.4) is 0 Å². The number of methoxy groups -OCH3 is 1. The molecule has 2 fully saturated rings. The number of nitrogens with zero attached hydrogens (tertiary/aromatic N) is 3. The number of carbonyl (C=O) groups is 2. The van der Waals surface area contributed by atoms with E-state index in [1.165, 1.54) is 0 Å². The second-order valence-electron chi connectivity index (χ2n) is 10.8. The van der Waals surface area contributed by atoms with E-state index in [1.54, 1.807) is 42.2 Å². The van der Waals surface area contributed by atoms with Crippen LogP contribution in [0.4, 0.5) is 0 Å². The summed E-state index contributed by atoms with van der Waals surface area (Å²) in [5.74, 6) is 0.234. The molecule has 1 saturated carbocycles. The summed E-state index contributed by atoms with van der Waals surface area (Å²) in [6.07, 6.45) is 7.47. The number of likely N-dealkylation sites (N-methyl/N-ethyl adjacent to an activating group) is 1. The van der Waals surface area contributed by atoms with Crippen molar-refractivity contribution < 1.29 is 23.8 Å². The monoisotopic (exact) mass is 497 g/mol. The maximum atomic E-state index is 13.6. The summed E-state index contributed by atoms with van der Waals surface area (Å²) in [7, 11) is 5.34. The Labute approximate surface area is 214 Å². The number of carbonyl (C=O) groups excluding carboxylic acids is 2. The molecule has 1 saturated heterocycles. The standard InChI is InChI=1S/C28H39N3O5/c1-30-18-24-23(34-3)11-10-21(36-24)12-15-35-26-20(17-29)8-7-9-22(26)27(33)31(2)19-28(16-25(30)32)13-5-4-6-14-28/h7-9,21,23-24H,4-6,10-16,18-19H2,1-3H3/t21-,23-,24-/m0/s1. The van der Waals surface area contributed by atoms with Crippen molar-refractivity contribution in [3.8, 4) is 11.8 Å². The zero-order chi connectivity index (χ0) is 25.7. The second-order valence-corrected chi connectivity index (χ2v) is 10.8. The largest absolute Gasteiger partial charge is 0.491 e. The minimum atomic E-state index is -0.268. The number of para-hydroxylation sites is 1. The molecule has 2 heterocycles. The van der Waals surface area contributed by atoms with Gasteiger partial charge in [0.1, 0.15) is 17.9 Å². The molecule has 1 spiro atoms. The molecule has 0 radical (unpaired) electrons. The Bertz CT molecular complexity index is 984. The Morgan fingerprint density at radius 1 is 1.08 bits per heavy atom. The van der Waals surface area contributed by atoms with E-state index in [9.17, 15) is 14.9 Å². The lowest BCUT2D eigenvalue weighted by Gasteiger charge is -2.42. The Kier molecular flexibility index (Phi) is 8.53. The van der Waals surface area contributed by atoms with E-state index in [2.05, 4.69) is 6.07 Å². The number of benzene rings is 1. The highest BCUT2D eigenvalue weighted by Crippen LogP contribution is 2.41. The van der Waals surface area contributed by atoms with Gasteiger partial charge in [-0.2, -0.15) is 5.26 Å². The average Bonchev–Trinajstić information content (AvgIpc) is 2.88. The third-order valence-electron chi connectivity index (χ3n) is 8.15. The molecule has 2 amide bonds. The highest BCUT2D eigenvalue weighted by atomic mass is 16.5. The predicted octanol–water partition coefficient (Wildman–Crippen LogP) is 3.77. The van der Waals surface area contributed by atoms with Crippen molar-refractivity contribution in [2.24, 2.45) is 5.41 Å². The molecular formula is C28H39N3O5. The predicted molar refractivity (Wildman–Crippen MR) is 135 cm³/mol. The average molecular weight is 498 g/mol. The van der Waals surface area contributed by atoms with E-state index < -0.39 is 0 Å². The number of hydrogen-bond donors (Lipinski definition) is 0. The maximum Gasteiger partial charge on any atom is 0.257 e. The smallest absolute Gasteiger partial charge is 0.257 e. The topological polar surface area (TPSA) is 92.1 Å². The molecule has 36 heavy (non-hydrogen) atoms. The molecule has 1 aromatic carbocycles. The summed E-state index contributed by atoms with van der Waals surface area (Å²) in [4.78, 5) is 30.6. The van der Waals surface area contributed by atoms with Crippen LogP contribution in [0, 0.1) is 16.7 Å². The number of amides is 2. The first-order chi connectivity index (χ1) is 17.4. The van der Waals surface area contributed by atoms with Crippen LogP contribution in [0.25, 0.3) is 0 Å². The van der Waals surface area contributed by atoms with Crippen LogP contribution in [0.15, 0.2) is 18.2 Å². The Hall–Kier alpha value is -2.63. The number of nitriles is 1. The highest BCUT2D eigenvalue weighted by Gasteiger charge is 2.39. The zero-order valence-electron chi connectivity index (χ0n) is 21.8. The van der Waals surface area contributed by atoms with Gasteiger partial charge in [0.25, 0.3) is 5.91 Å². The molecule has 2 bridgehead atoms. The summed E-state index contributed by atoms with van der Waals surface area (Å²) in [5, 5.41) is 9.70. The molecule has 1 aliphatic carbocycles. The third kappa shape index (κ3) is 5.84. The van der Waals surface area contributed by atoms with Gasteiger partial charge >= 0.3 is 0 Å². The van der Waals surface area contributed by atoms with Gasteiger partial charge in [-0.15, -0.1) is 0 Å². The molecule has 3 aliphatic rings. The van der Waals surface area contributed by atoms with Crippen LogP contribution in [-0.2, 0) is 14.3 Å². The summed E-state index contributed by atoms with van der Waals surface area (Å²) in [6, 6.07) is 7.30. The minimum absolute atomic E-state index is 0.0430. The number of hydrogen-bond acceptors (Lipinski definition) is 6. The summed E-state index contributed by atoms with van der Waals surface area (Å²) < 4.78 is 18.2. The summed E-state index contributed by atoms with van der Waals surface area (Å²) in [6.45, 7) is 1.29. The van der Waals surface area contributed by atoms with E-state index in [4.69, 9.17) is 14.2 Å². The van der Waals surface area contributed by atoms with Crippen molar-refractivity contribution in [3.05, 3.63) is 29.3 Å². The van der Waals surface area contributed by atoms with Gasteiger partial charge in [0.05, 0.1) is 29.9 Å². The van der Waals surface area contributed by atoms with E-state index >= 15 is 0 Å². The fourth-order valence-electron chi connectivity index (χ4n) is 6.12.